The molecule has 0 radical (unpaired) electrons. The van der Waals surface area contributed by atoms with Gasteiger partial charge in [0.2, 0.25) is 0 Å². The molecule has 0 aliphatic heterocycles. The Morgan fingerprint density at radius 2 is 1.64 bits per heavy atom. The van der Waals surface area contributed by atoms with Crippen molar-refractivity contribution in [3.63, 3.8) is 0 Å². The van der Waals surface area contributed by atoms with Crippen molar-refractivity contribution in [2.24, 2.45) is 0 Å². The highest BCUT2D eigenvalue weighted by Gasteiger charge is 2.19. The Morgan fingerprint density at radius 3 is 2.14 bits per heavy atom. The number of rotatable bonds is 4. The third-order valence-electron chi connectivity index (χ3n) is 3.82. The van der Waals surface area contributed by atoms with E-state index >= 15 is 0 Å². The van der Waals surface area contributed by atoms with Gasteiger partial charge in [-0.2, -0.15) is 0 Å². The number of benzene rings is 3. The highest BCUT2D eigenvalue weighted by Crippen LogP contribution is 2.36. The first-order chi connectivity index (χ1) is 10.7. The topological polar surface area (TPSA) is 26.3 Å². The van der Waals surface area contributed by atoms with Crippen molar-refractivity contribution in [2.45, 2.75) is 19.4 Å². The minimum Gasteiger partial charge on any atom is -0.457 e. The zero-order valence-corrected chi connectivity index (χ0v) is 12.6. The number of fused-ring (bicyclic) bond motifs is 2. The zero-order valence-electron chi connectivity index (χ0n) is 12.6. The van der Waals surface area contributed by atoms with E-state index in [9.17, 15) is 4.79 Å². The van der Waals surface area contributed by atoms with Gasteiger partial charge < -0.3 is 4.74 Å². The van der Waals surface area contributed by atoms with Crippen LogP contribution in [-0.4, -0.2) is 5.97 Å². The third kappa shape index (κ3) is 2.60. The standard InChI is InChI=1S/C20H18O2/c1-3-8-19(22-14(2)21)20-17-11-6-4-9-15(17)13-16-10-5-7-12-18(16)20/h3-7,9-13,19H,1,8H2,2H3. The number of carbonyl (C=O) groups is 1. The molecule has 1 atom stereocenters. The maximum Gasteiger partial charge on any atom is 0.303 e. The van der Waals surface area contributed by atoms with Crippen molar-refractivity contribution >= 4 is 27.5 Å². The van der Waals surface area contributed by atoms with Gasteiger partial charge >= 0.3 is 5.97 Å². The second kappa shape index (κ2) is 6.02. The third-order valence-corrected chi connectivity index (χ3v) is 3.82. The molecule has 1 unspecified atom stereocenters. The van der Waals surface area contributed by atoms with Crippen LogP contribution in [-0.2, 0) is 9.53 Å². The van der Waals surface area contributed by atoms with Crippen LogP contribution in [0.3, 0.4) is 0 Å². The summed E-state index contributed by atoms with van der Waals surface area (Å²) in [6, 6.07) is 18.6. The van der Waals surface area contributed by atoms with Crippen molar-refractivity contribution in [1.29, 1.82) is 0 Å². The Morgan fingerprint density at radius 1 is 1.09 bits per heavy atom. The molecule has 22 heavy (non-hydrogen) atoms. The van der Waals surface area contributed by atoms with E-state index in [1.165, 1.54) is 6.92 Å². The van der Waals surface area contributed by atoms with Gasteiger partial charge in [0.25, 0.3) is 0 Å². The van der Waals surface area contributed by atoms with Crippen LogP contribution in [0.1, 0.15) is 25.0 Å². The van der Waals surface area contributed by atoms with Crippen LogP contribution in [0, 0.1) is 0 Å². The van der Waals surface area contributed by atoms with Crippen molar-refractivity contribution in [3.8, 4) is 0 Å². The maximum absolute atomic E-state index is 11.5. The lowest BCUT2D eigenvalue weighted by molar-refractivity contribution is -0.146. The lowest BCUT2D eigenvalue weighted by Gasteiger charge is -2.20. The number of esters is 1. The van der Waals surface area contributed by atoms with Gasteiger partial charge in [-0.05, 0) is 27.6 Å². The van der Waals surface area contributed by atoms with Gasteiger partial charge in [-0.25, -0.2) is 0 Å². The molecule has 0 saturated carbocycles. The highest BCUT2D eigenvalue weighted by molar-refractivity contribution is 6.02. The second-order valence-corrected chi connectivity index (χ2v) is 5.35. The minimum absolute atomic E-state index is 0.274. The largest absolute Gasteiger partial charge is 0.457 e. The van der Waals surface area contributed by atoms with Crippen molar-refractivity contribution in [3.05, 3.63) is 72.8 Å². The first-order valence-corrected chi connectivity index (χ1v) is 7.39. The molecule has 2 nitrogen and oxygen atoms in total. The Balaban J connectivity index is 2.35. The maximum atomic E-state index is 11.5. The van der Waals surface area contributed by atoms with Crippen LogP contribution in [0.2, 0.25) is 0 Å². The summed E-state index contributed by atoms with van der Waals surface area (Å²) in [6.07, 6.45) is 2.08. The molecule has 0 aliphatic rings. The summed E-state index contributed by atoms with van der Waals surface area (Å²) in [4.78, 5) is 11.5. The lowest BCUT2D eigenvalue weighted by atomic mass is 9.92. The van der Waals surface area contributed by atoms with Crippen molar-refractivity contribution < 1.29 is 9.53 Å². The average Bonchev–Trinajstić information content (AvgIpc) is 2.51. The summed E-state index contributed by atoms with van der Waals surface area (Å²) >= 11 is 0. The van der Waals surface area contributed by atoms with Crippen LogP contribution in [0.15, 0.2) is 67.3 Å². The monoisotopic (exact) mass is 290 g/mol. The van der Waals surface area contributed by atoms with E-state index in [2.05, 4.69) is 36.9 Å². The smallest absolute Gasteiger partial charge is 0.303 e. The summed E-state index contributed by atoms with van der Waals surface area (Å²) in [5.41, 5.74) is 1.06. The van der Waals surface area contributed by atoms with Gasteiger partial charge in [-0.15, -0.1) is 6.58 Å². The summed E-state index contributed by atoms with van der Waals surface area (Å²) in [5, 5.41) is 4.54. The molecule has 3 rings (SSSR count). The van der Waals surface area contributed by atoms with Crippen LogP contribution in [0.4, 0.5) is 0 Å². The molecule has 0 spiro atoms. The minimum atomic E-state index is -0.314. The SMILES string of the molecule is C=CCC(OC(C)=O)c1c2ccccc2cc2ccccc12. The molecule has 0 heterocycles. The summed E-state index contributed by atoms with van der Waals surface area (Å²) in [7, 11) is 0. The average molecular weight is 290 g/mol. The molecule has 2 heteroatoms. The van der Waals surface area contributed by atoms with Gasteiger partial charge in [0.05, 0.1) is 0 Å². The molecule has 0 aliphatic carbocycles. The second-order valence-electron chi connectivity index (χ2n) is 5.35. The van der Waals surface area contributed by atoms with Gasteiger partial charge in [-0.1, -0.05) is 54.6 Å². The molecule has 0 fully saturated rings. The van der Waals surface area contributed by atoms with Crippen LogP contribution >= 0.6 is 0 Å². The molecule has 0 bridgehead atoms. The molecule has 3 aromatic carbocycles. The van der Waals surface area contributed by atoms with Crippen LogP contribution in [0.5, 0.6) is 0 Å². The Labute approximate surface area is 130 Å². The Bertz CT molecular complexity index is 795. The van der Waals surface area contributed by atoms with Gasteiger partial charge in [0.15, 0.2) is 0 Å². The van der Waals surface area contributed by atoms with E-state index < -0.39 is 0 Å². The molecular formula is C20H18O2. The van der Waals surface area contributed by atoms with Gasteiger partial charge in [0.1, 0.15) is 6.10 Å². The summed E-state index contributed by atoms with van der Waals surface area (Å²) in [5.74, 6) is -0.274. The number of ether oxygens (including phenoxy) is 1. The molecule has 110 valence electrons. The number of hydrogen-bond acceptors (Lipinski definition) is 2. The zero-order chi connectivity index (χ0) is 15.5. The van der Waals surface area contributed by atoms with Gasteiger partial charge in [0, 0.05) is 18.9 Å². The first-order valence-electron chi connectivity index (χ1n) is 7.39. The normalized spacial score (nSPS) is 12.2. The van der Waals surface area contributed by atoms with E-state index in [4.69, 9.17) is 4.74 Å². The van der Waals surface area contributed by atoms with Gasteiger partial charge in [-0.3, -0.25) is 4.79 Å². The number of hydrogen-bond donors (Lipinski definition) is 0. The Hall–Kier alpha value is -2.61. The van der Waals surface area contributed by atoms with Crippen molar-refractivity contribution in [2.75, 3.05) is 0 Å². The van der Waals surface area contributed by atoms with Crippen LogP contribution in [0.25, 0.3) is 21.5 Å². The molecule has 0 N–H and O–H groups in total. The summed E-state index contributed by atoms with van der Waals surface area (Å²) < 4.78 is 5.58. The fourth-order valence-corrected chi connectivity index (χ4v) is 2.97. The van der Waals surface area contributed by atoms with E-state index in [0.717, 1.165) is 27.1 Å². The number of carbonyl (C=O) groups excluding carboxylic acids is 1. The van der Waals surface area contributed by atoms with Crippen LogP contribution < -0.4 is 0 Å². The predicted molar refractivity (Wildman–Crippen MR) is 90.8 cm³/mol. The highest BCUT2D eigenvalue weighted by atomic mass is 16.5. The fraction of sp³-hybridized carbons (Fsp3) is 0.150. The lowest BCUT2D eigenvalue weighted by Crippen LogP contribution is -2.09. The van der Waals surface area contributed by atoms with E-state index in [1.54, 1.807) is 6.08 Å². The van der Waals surface area contributed by atoms with Crippen molar-refractivity contribution in [1.82, 2.24) is 0 Å². The van der Waals surface area contributed by atoms with E-state index in [1.807, 2.05) is 24.3 Å². The molecular weight excluding hydrogens is 272 g/mol. The molecule has 0 saturated heterocycles. The quantitative estimate of drug-likeness (QED) is 0.376. The van der Waals surface area contributed by atoms with E-state index in [0.29, 0.717) is 6.42 Å². The summed E-state index contributed by atoms with van der Waals surface area (Å²) in [6.45, 7) is 5.25. The Kier molecular flexibility index (Phi) is 3.92. The fourth-order valence-electron chi connectivity index (χ4n) is 2.97. The predicted octanol–water partition coefficient (Wildman–Crippen LogP) is 5.17. The molecule has 3 aromatic rings. The van der Waals surface area contributed by atoms with E-state index in [-0.39, 0.29) is 12.1 Å². The molecule has 0 aromatic heterocycles. The first kappa shape index (κ1) is 14.3. The molecule has 0 amide bonds.